The highest BCUT2D eigenvalue weighted by atomic mass is 35.5. The van der Waals surface area contributed by atoms with Crippen molar-refractivity contribution in [3.63, 3.8) is 0 Å². The molecule has 0 fully saturated rings. The fourth-order valence-electron chi connectivity index (χ4n) is 1.89. The average Bonchev–Trinajstić information content (AvgIpc) is 2.79. The van der Waals surface area contributed by atoms with Gasteiger partial charge in [-0.3, -0.25) is 9.59 Å². The molecule has 0 saturated carbocycles. The Labute approximate surface area is 239 Å². The Kier molecular flexibility index (Phi) is 14.2. The second-order valence-corrected chi connectivity index (χ2v) is 9.66. The van der Waals surface area contributed by atoms with E-state index in [0.29, 0.717) is 10.8 Å². The molecule has 186 valence electrons. The maximum atomic E-state index is 11.4. The molecule has 0 radical (unpaired) electrons. The molecule has 0 aliphatic rings. The van der Waals surface area contributed by atoms with E-state index in [4.69, 9.17) is 86.3 Å². The molecule has 3 aromatic rings. The van der Waals surface area contributed by atoms with Crippen LogP contribution in [0.4, 0.5) is 0 Å². The lowest BCUT2D eigenvalue weighted by Gasteiger charge is -2.00. The highest BCUT2D eigenvalue weighted by Crippen LogP contribution is 2.21. The number of halogens is 7. The lowest BCUT2D eigenvalue weighted by atomic mass is 10.3. The summed E-state index contributed by atoms with van der Waals surface area (Å²) in [7, 11) is 0. The molecule has 0 bridgehead atoms. The van der Waals surface area contributed by atoms with Gasteiger partial charge in [0.15, 0.2) is 5.69 Å². The van der Waals surface area contributed by atoms with Gasteiger partial charge in [0, 0.05) is 0 Å². The van der Waals surface area contributed by atoms with Crippen LogP contribution in [-0.4, -0.2) is 42.1 Å². The maximum Gasteiger partial charge on any atom is 0.356 e. The van der Waals surface area contributed by atoms with Gasteiger partial charge >= 0.3 is 5.97 Å². The third-order valence-electron chi connectivity index (χ3n) is 3.29. The van der Waals surface area contributed by atoms with Gasteiger partial charge in [-0.15, -0.1) is 0 Å². The third-order valence-corrected chi connectivity index (χ3v) is 5.76. The number of nitrogens with zero attached hydrogens (tertiary/aromatic N) is 3. The summed E-state index contributed by atoms with van der Waals surface area (Å²) in [6.45, 7) is 1.89. The predicted octanol–water partition coefficient (Wildman–Crippen LogP) is 8.14. The molecule has 3 rings (SSSR count). The lowest BCUT2D eigenvalue weighted by Crippen LogP contribution is -2.00. The number of carboxylic acids is 1. The molecule has 0 unspecified atom stereocenters. The molecule has 35 heavy (non-hydrogen) atoms. The number of carbonyl (C=O) groups excluding carboxylic acids is 2. The predicted molar refractivity (Wildman–Crippen MR) is 142 cm³/mol. The summed E-state index contributed by atoms with van der Waals surface area (Å²) >= 11 is 39.7. The summed E-state index contributed by atoms with van der Waals surface area (Å²) in [5, 5.41) is 8.85. The SMILES string of the molecule is CCSC(=O)c1nc(Cl)ccc1Cl.O=C(Cl)c1nc(Cl)ccc1Cl.O=C(O)c1nc(Cl)ccc1Cl. The molecular formula is C20H12Cl7N3O4S. The summed E-state index contributed by atoms with van der Waals surface area (Å²) in [6, 6.07) is 8.88. The monoisotopic (exact) mass is 635 g/mol. The van der Waals surface area contributed by atoms with Gasteiger partial charge in [0.05, 0.1) is 15.1 Å². The number of rotatable bonds is 4. The van der Waals surface area contributed by atoms with Crippen molar-refractivity contribution in [3.05, 3.63) is 84.0 Å². The molecule has 0 spiro atoms. The first-order valence-electron chi connectivity index (χ1n) is 8.93. The van der Waals surface area contributed by atoms with Crippen LogP contribution < -0.4 is 0 Å². The number of carbonyl (C=O) groups is 3. The van der Waals surface area contributed by atoms with Gasteiger partial charge in [0.25, 0.3) is 5.24 Å². The Hall–Kier alpha value is -1.36. The van der Waals surface area contributed by atoms with Crippen molar-refractivity contribution in [1.29, 1.82) is 0 Å². The Morgan fingerprint density at radius 2 is 1.09 bits per heavy atom. The number of hydrogen-bond acceptors (Lipinski definition) is 7. The van der Waals surface area contributed by atoms with Crippen LogP contribution in [0.25, 0.3) is 0 Å². The van der Waals surface area contributed by atoms with Gasteiger partial charge in [0.2, 0.25) is 5.12 Å². The molecule has 3 aromatic heterocycles. The Balaban J connectivity index is 0.000000264. The van der Waals surface area contributed by atoms with Gasteiger partial charge in [-0.2, -0.15) is 0 Å². The smallest absolute Gasteiger partial charge is 0.356 e. The molecule has 7 nitrogen and oxygen atoms in total. The molecule has 0 aromatic carbocycles. The Morgan fingerprint density at radius 3 is 1.43 bits per heavy atom. The largest absolute Gasteiger partial charge is 0.476 e. The van der Waals surface area contributed by atoms with E-state index in [1.807, 2.05) is 6.92 Å². The van der Waals surface area contributed by atoms with Crippen molar-refractivity contribution in [1.82, 2.24) is 15.0 Å². The van der Waals surface area contributed by atoms with E-state index in [0.717, 1.165) is 11.8 Å². The van der Waals surface area contributed by atoms with Crippen LogP contribution in [0.2, 0.25) is 30.5 Å². The number of pyridine rings is 3. The molecule has 0 aliphatic carbocycles. The van der Waals surface area contributed by atoms with Crippen LogP contribution in [0.5, 0.6) is 0 Å². The Bertz CT molecular complexity index is 1170. The normalized spacial score (nSPS) is 9.83. The standard InChI is InChI=1S/C8H7Cl2NOS.C6H2Cl3NO.C6H3Cl2NO2/c1-2-13-8(12)7-5(9)3-4-6(10)11-7;7-3-1-2-4(8)10-5(3)6(9)11;7-3-1-2-4(8)9-5(3)6(10)11/h3-4H,2H2,1H3;1-2H;1-2H,(H,10,11). The van der Waals surface area contributed by atoms with Gasteiger partial charge < -0.3 is 5.11 Å². The first-order chi connectivity index (χ1) is 16.4. The van der Waals surface area contributed by atoms with Gasteiger partial charge in [0.1, 0.15) is 26.8 Å². The summed E-state index contributed by atoms with van der Waals surface area (Å²) in [6.07, 6.45) is 0. The van der Waals surface area contributed by atoms with Gasteiger partial charge in [-0.05, 0) is 53.8 Å². The number of aromatic carboxylic acids is 1. The lowest BCUT2D eigenvalue weighted by molar-refractivity contribution is 0.0690. The van der Waals surface area contributed by atoms with E-state index in [9.17, 15) is 14.4 Å². The topological polar surface area (TPSA) is 110 Å². The zero-order valence-corrected chi connectivity index (χ0v) is 23.3. The van der Waals surface area contributed by atoms with Crippen LogP contribution >= 0.6 is 93.0 Å². The maximum absolute atomic E-state index is 11.4. The summed E-state index contributed by atoms with van der Waals surface area (Å²) < 4.78 is 0. The van der Waals surface area contributed by atoms with E-state index >= 15 is 0 Å². The molecular weight excluding hydrogens is 626 g/mol. The van der Waals surface area contributed by atoms with E-state index < -0.39 is 11.2 Å². The second-order valence-electron chi connectivity index (χ2n) is 5.69. The second kappa shape index (κ2) is 15.7. The fourth-order valence-corrected chi connectivity index (χ4v) is 3.70. The average molecular weight is 639 g/mol. The van der Waals surface area contributed by atoms with Crippen molar-refractivity contribution in [2.75, 3.05) is 5.75 Å². The van der Waals surface area contributed by atoms with E-state index in [1.54, 1.807) is 12.1 Å². The highest BCUT2D eigenvalue weighted by molar-refractivity contribution is 8.14. The van der Waals surface area contributed by atoms with E-state index in [2.05, 4.69) is 15.0 Å². The Morgan fingerprint density at radius 1 is 0.714 bits per heavy atom. The van der Waals surface area contributed by atoms with Crippen LogP contribution in [0.15, 0.2) is 36.4 Å². The summed E-state index contributed by atoms with van der Waals surface area (Å²) in [4.78, 5) is 43.3. The summed E-state index contributed by atoms with van der Waals surface area (Å²) in [5.74, 6) is -0.485. The first kappa shape index (κ1) is 31.7. The van der Waals surface area contributed by atoms with Crippen molar-refractivity contribution in [2.45, 2.75) is 6.92 Å². The molecule has 1 N–H and O–H groups in total. The third kappa shape index (κ3) is 11.1. The molecule has 0 amide bonds. The molecule has 0 atom stereocenters. The minimum Gasteiger partial charge on any atom is -0.476 e. The minimum atomic E-state index is -1.18. The number of hydrogen-bond donors (Lipinski definition) is 1. The van der Waals surface area contributed by atoms with Crippen LogP contribution in [-0.2, 0) is 0 Å². The van der Waals surface area contributed by atoms with Gasteiger partial charge in [-0.1, -0.05) is 88.3 Å². The number of aromatic nitrogens is 3. The molecule has 3 heterocycles. The fraction of sp³-hybridized carbons (Fsp3) is 0.100. The van der Waals surface area contributed by atoms with Crippen molar-refractivity contribution >= 4 is 109 Å². The number of thioether (sulfide) groups is 1. The molecule has 15 heteroatoms. The zero-order valence-electron chi connectivity index (χ0n) is 17.2. The zero-order chi connectivity index (χ0) is 26.7. The van der Waals surface area contributed by atoms with Crippen LogP contribution in [0.1, 0.15) is 38.4 Å². The highest BCUT2D eigenvalue weighted by Gasteiger charge is 2.12. The van der Waals surface area contributed by atoms with Crippen molar-refractivity contribution in [3.8, 4) is 0 Å². The van der Waals surface area contributed by atoms with Crippen molar-refractivity contribution in [2.24, 2.45) is 0 Å². The molecule has 0 aliphatic heterocycles. The summed E-state index contributed by atoms with van der Waals surface area (Å²) in [5.41, 5.74) is 0.000941. The first-order valence-corrected chi connectivity index (χ1v) is 12.6. The van der Waals surface area contributed by atoms with Crippen LogP contribution in [0.3, 0.4) is 0 Å². The minimum absolute atomic E-state index is 0.0131. The van der Waals surface area contributed by atoms with Crippen molar-refractivity contribution < 1.29 is 19.5 Å². The van der Waals surface area contributed by atoms with Crippen LogP contribution in [0, 0.1) is 0 Å². The number of carboxylic acid groups (broad SMARTS) is 1. The van der Waals surface area contributed by atoms with Gasteiger partial charge in [-0.25, -0.2) is 19.7 Å². The quantitative estimate of drug-likeness (QED) is 0.225. The molecule has 0 saturated heterocycles. The van der Waals surface area contributed by atoms with E-state index in [1.165, 1.54) is 24.3 Å². The van der Waals surface area contributed by atoms with E-state index in [-0.39, 0.29) is 47.7 Å².